The summed E-state index contributed by atoms with van der Waals surface area (Å²) in [5.41, 5.74) is 2.67. The van der Waals surface area contributed by atoms with Gasteiger partial charge in [-0.15, -0.1) is 0 Å². The number of carbonyl (C=O) groups is 1. The number of hydrogen-bond donors (Lipinski definition) is 0. The minimum atomic E-state index is 0.0983. The maximum atomic E-state index is 12.3. The van der Waals surface area contributed by atoms with Crippen molar-refractivity contribution in [3.05, 3.63) is 64.4 Å². The van der Waals surface area contributed by atoms with Crippen molar-refractivity contribution in [3.8, 4) is 0 Å². The first kappa shape index (κ1) is 15.7. The van der Waals surface area contributed by atoms with Crippen molar-refractivity contribution >= 4 is 17.4 Å². The summed E-state index contributed by atoms with van der Waals surface area (Å²) < 4.78 is 0. The van der Waals surface area contributed by atoms with Gasteiger partial charge in [-0.05, 0) is 49.9 Å². The first-order valence-electron chi connectivity index (χ1n) is 7.02. The molecule has 0 aliphatic heterocycles. The third kappa shape index (κ3) is 4.66. The molecule has 2 rings (SSSR count). The molecular weight excluding hydrogens is 284 g/mol. The highest BCUT2D eigenvalue weighted by atomic mass is 35.5. The highest BCUT2D eigenvalue weighted by Gasteiger charge is 2.12. The zero-order chi connectivity index (χ0) is 15.2. The van der Waals surface area contributed by atoms with Crippen LogP contribution in [0, 0.1) is 6.92 Å². The molecule has 110 valence electrons. The van der Waals surface area contributed by atoms with Gasteiger partial charge in [-0.3, -0.25) is 14.7 Å². The van der Waals surface area contributed by atoms with Crippen molar-refractivity contribution in [2.45, 2.75) is 20.4 Å². The SMILES string of the molecule is CCN(CC(=O)c1ccc(Cl)cc1)Cc1cccc(C)n1. The Morgan fingerprint density at radius 2 is 1.90 bits per heavy atom. The monoisotopic (exact) mass is 302 g/mol. The van der Waals surface area contributed by atoms with Crippen LogP contribution in [-0.2, 0) is 6.54 Å². The lowest BCUT2D eigenvalue weighted by Crippen LogP contribution is -2.29. The molecular formula is C17H19ClN2O. The summed E-state index contributed by atoms with van der Waals surface area (Å²) in [6, 6.07) is 13.0. The van der Waals surface area contributed by atoms with Gasteiger partial charge in [0.25, 0.3) is 0 Å². The summed E-state index contributed by atoms with van der Waals surface area (Å²) in [5, 5.41) is 0.642. The number of likely N-dealkylation sites (N-methyl/N-ethyl adjacent to an activating group) is 1. The first-order chi connectivity index (χ1) is 10.1. The van der Waals surface area contributed by atoms with Gasteiger partial charge in [-0.25, -0.2) is 0 Å². The molecule has 4 heteroatoms. The molecule has 1 heterocycles. The number of carbonyl (C=O) groups excluding carboxylic acids is 1. The molecule has 0 atom stereocenters. The average molecular weight is 303 g/mol. The molecule has 0 radical (unpaired) electrons. The van der Waals surface area contributed by atoms with Crippen LogP contribution in [0.25, 0.3) is 0 Å². The first-order valence-corrected chi connectivity index (χ1v) is 7.40. The Labute approximate surface area is 130 Å². The smallest absolute Gasteiger partial charge is 0.176 e. The summed E-state index contributed by atoms with van der Waals surface area (Å²) in [4.78, 5) is 18.8. The van der Waals surface area contributed by atoms with Crippen molar-refractivity contribution in [2.24, 2.45) is 0 Å². The van der Waals surface area contributed by atoms with Crippen LogP contribution in [0.4, 0.5) is 0 Å². The maximum absolute atomic E-state index is 12.3. The predicted octanol–water partition coefficient (Wildman–Crippen LogP) is 3.75. The number of Topliss-reactive ketones (excluding diaryl/α,β-unsaturated/α-hetero) is 1. The average Bonchev–Trinajstić information content (AvgIpc) is 2.47. The van der Waals surface area contributed by atoms with E-state index in [4.69, 9.17) is 11.6 Å². The Morgan fingerprint density at radius 3 is 2.52 bits per heavy atom. The molecule has 0 amide bonds. The summed E-state index contributed by atoms with van der Waals surface area (Å²) in [5.74, 6) is 0.0983. The molecule has 2 aromatic rings. The molecule has 0 aliphatic rings. The molecule has 1 aromatic carbocycles. The van der Waals surface area contributed by atoms with E-state index in [1.54, 1.807) is 24.3 Å². The number of pyridine rings is 1. The fraction of sp³-hybridized carbons (Fsp3) is 0.294. The minimum Gasteiger partial charge on any atom is -0.293 e. The predicted molar refractivity (Wildman–Crippen MR) is 85.7 cm³/mol. The van der Waals surface area contributed by atoms with Crippen LogP contribution in [0.1, 0.15) is 28.7 Å². The van der Waals surface area contributed by atoms with Crippen LogP contribution in [-0.4, -0.2) is 28.8 Å². The lowest BCUT2D eigenvalue weighted by atomic mass is 10.1. The second-order valence-corrected chi connectivity index (χ2v) is 5.44. The van der Waals surface area contributed by atoms with E-state index < -0.39 is 0 Å². The number of nitrogens with zero attached hydrogens (tertiary/aromatic N) is 2. The maximum Gasteiger partial charge on any atom is 0.176 e. The molecule has 0 saturated heterocycles. The van der Waals surface area contributed by atoms with E-state index in [1.165, 1.54) is 0 Å². The minimum absolute atomic E-state index is 0.0983. The fourth-order valence-electron chi connectivity index (χ4n) is 2.13. The summed E-state index contributed by atoms with van der Waals surface area (Å²) in [7, 11) is 0. The molecule has 0 spiro atoms. The van der Waals surface area contributed by atoms with Crippen LogP contribution in [0.5, 0.6) is 0 Å². The second kappa shape index (κ2) is 7.34. The summed E-state index contributed by atoms with van der Waals surface area (Å²) in [6.07, 6.45) is 0. The standard InChI is InChI=1S/C17H19ClN2O/c1-3-20(11-16-6-4-5-13(2)19-16)12-17(21)14-7-9-15(18)10-8-14/h4-10H,3,11-12H2,1-2H3. The van der Waals surface area contributed by atoms with Crippen LogP contribution in [0.2, 0.25) is 5.02 Å². The Kier molecular flexibility index (Phi) is 5.48. The number of rotatable bonds is 6. The van der Waals surface area contributed by atoms with E-state index in [0.29, 0.717) is 23.7 Å². The van der Waals surface area contributed by atoms with Gasteiger partial charge in [0.2, 0.25) is 0 Å². The van der Waals surface area contributed by atoms with Crippen molar-refractivity contribution in [3.63, 3.8) is 0 Å². The Hall–Kier alpha value is -1.71. The van der Waals surface area contributed by atoms with Gasteiger partial charge in [0, 0.05) is 22.8 Å². The van der Waals surface area contributed by atoms with Crippen LogP contribution in [0.3, 0.4) is 0 Å². The molecule has 0 bridgehead atoms. The molecule has 0 saturated carbocycles. The topological polar surface area (TPSA) is 33.2 Å². The van der Waals surface area contributed by atoms with Crippen LogP contribution in [0.15, 0.2) is 42.5 Å². The van der Waals surface area contributed by atoms with E-state index in [-0.39, 0.29) is 5.78 Å². The van der Waals surface area contributed by atoms with Crippen molar-refractivity contribution in [1.29, 1.82) is 0 Å². The van der Waals surface area contributed by atoms with Crippen molar-refractivity contribution in [1.82, 2.24) is 9.88 Å². The molecule has 3 nitrogen and oxygen atoms in total. The van der Waals surface area contributed by atoms with Gasteiger partial charge < -0.3 is 0 Å². The van der Waals surface area contributed by atoms with Gasteiger partial charge in [0.1, 0.15) is 0 Å². The highest BCUT2D eigenvalue weighted by Crippen LogP contribution is 2.11. The quantitative estimate of drug-likeness (QED) is 0.762. The van der Waals surface area contributed by atoms with E-state index in [0.717, 1.165) is 17.9 Å². The number of aryl methyl sites for hydroxylation is 1. The summed E-state index contributed by atoms with van der Waals surface area (Å²) in [6.45, 7) is 5.88. The number of hydrogen-bond acceptors (Lipinski definition) is 3. The zero-order valence-electron chi connectivity index (χ0n) is 12.3. The third-order valence-corrected chi connectivity index (χ3v) is 3.56. The lowest BCUT2D eigenvalue weighted by Gasteiger charge is -2.19. The van der Waals surface area contributed by atoms with E-state index >= 15 is 0 Å². The lowest BCUT2D eigenvalue weighted by molar-refractivity contribution is 0.0929. The van der Waals surface area contributed by atoms with Crippen LogP contribution >= 0.6 is 11.6 Å². The number of ketones is 1. The fourth-order valence-corrected chi connectivity index (χ4v) is 2.25. The van der Waals surface area contributed by atoms with Gasteiger partial charge in [0.05, 0.1) is 12.2 Å². The Balaban J connectivity index is 2.01. The van der Waals surface area contributed by atoms with Crippen LogP contribution < -0.4 is 0 Å². The zero-order valence-corrected chi connectivity index (χ0v) is 13.1. The number of aromatic nitrogens is 1. The normalized spacial score (nSPS) is 10.9. The molecule has 0 fully saturated rings. The molecule has 0 unspecified atom stereocenters. The Bertz CT molecular complexity index is 610. The van der Waals surface area contributed by atoms with E-state index in [2.05, 4.69) is 9.88 Å². The van der Waals surface area contributed by atoms with Gasteiger partial charge in [-0.2, -0.15) is 0 Å². The van der Waals surface area contributed by atoms with Crippen molar-refractivity contribution < 1.29 is 4.79 Å². The van der Waals surface area contributed by atoms with Gasteiger partial charge in [0.15, 0.2) is 5.78 Å². The Morgan fingerprint density at radius 1 is 1.19 bits per heavy atom. The molecule has 0 aliphatic carbocycles. The molecule has 0 N–H and O–H groups in total. The summed E-state index contributed by atoms with van der Waals surface area (Å²) >= 11 is 5.84. The third-order valence-electron chi connectivity index (χ3n) is 3.31. The second-order valence-electron chi connectivity index (χ2n) is 5.00. The molecule has 1 aromatic heterocycles. The highest BCUT2D eigenvalue weighted by molar-refractivity contribution is 6.30. The largest absolute Gasteiger partial charge is 0.293 e. The van der Waals surface area contributed by atoms with Gasteiger partial charge in [-0.1, -0.05) is 24.6 Å². The van der Waals surface area contributed by atoms with Gasteiger partial charge >= 0.3 is 0 Å². The van der Waals surface area contributed by atoms with E-state index in [1.807, 2.05) is 32.0 Å². The number of halogens is 1. The molecule has 21 heavy (non-hydrogen) atoms. The number of benzene rings is 1. The van der Waals surface area contributed by atoms with Crippen molar-refractivity contribution in [2.75, 3.05) is 13.1 Å². The van der Waals surface area contributed by atoms with E-state index in [9.17, 15) is 4.79 Å².